The van der Waals surface area contributed by atoms with Gasteiger partial charge in [-0.2, -0.15) is 0 Å². The largest absolute Gasteiger partial charge is 0.478 e. The molecule has 0 atom stereocenters. The molecule has 29 heavy (non-hydrogen) atoms. The quantitative estimate of drug-likeness (QED) is 0.839. The molecule has 1 saturated heterocycles. The lowest BCUT2D eigenvalue weighted by atomic mass is 10.1. The molecule has 0 bridgehead atoms. The number of amides is 2. The van der Waals surface area contributed by atoms with Crippen LogP contribution in [0.25, 0.3) is 0 Å². The van der Waals surface area contributed by atoms with Crippen molar-refractivity contribution in [1.29, 1.82) is 0 Å². The number of hydrogen-bond donors (Lipinski definition) is 1. The molecule has 1 aromatic heterocycles. The van der Waals surface area contributed by atoms with Gasteiger partial charge in [-0.15, -0.1) is 0 Å². The first-order chi connectivity index (χ1) is 14.0. The van der Waals surface area contributed by atoms with Gasteiger partial charge in [-0.3, -0.25) is 9.59 Å². The van der Waals surface area contributed by atoms with Crippen LogP contribution in [0.3, 0.4) is 0 Å². The Balaban J connectivity index is 1.57. The Hall–Kier alpha value is -3.22. The first kappa shape index (κ1) is 20.5. The zero-order valence-corrected chi connectivity index (χ0v) is 16.5. The smallest absolute Gasteiger partial charge is 0.337 e. The van der Waals surface area contributed by atoms with E-state index in [9.17, 15) is 14.4 Å². The van der Waals surface area contributed by atoms with E-state index < -0.39 is 5.97 Å². The summed E-state index contributed by atoms with van der Waals surface area (Å²) in [6, 6.07) is 12.8. The molecule has 0 radical (unpaired) electrons. The van der Waals surface area contributed by atoms with Crippen LogP contribution in [-0.4, -0.2) is 63.9 Å². The van der Waals surface area contributed by atoms with Gasteiger partial charge in [0.05, 0.1) is 11.3 Å². The van der Waals surface area contributed by atoms with E-state index in [4.69, 9.17) is 5.11 Å². The number of carboxylic acids is 1. The first-order valence-corrected chi connectivity index (χ1v) is 9.77. The van der Waals surface area contributed by atoms with Crippen molar-refractivity contribution in [2.45, 2.75) is 26.2 Å². The third-order valence-electron chi connectivity index (χ3n) is 5.14. The Labute approximate surface area is 170 Å². The summed E-state index contributed by atoms with van der Waals surface area (Å²) in [6.07, 6.45) is 1.86. The van der Waals surface area contributed by atoms with Crippen molar-refractivity contribution in [2.24, 2.45) is 0 Å². The van der Waals surface area contributed by atoms with Crippen molar-refractivity contribution in [3.63, 3.8) is 0 Å². The average molecular weight is 395 g/mol. The van der Waals surface area contributed by atoms with Crippen LogP contribution in [0.5, 0.6) is 0 Å². The van der Waals surface area contributed by atoms with Crippen LogP contribution >= 0.6 is 0 Å². The molecule has 1 N–H and O–H groups in total. The van der Waals surface area contributed by atoms with Crippen molar-refractivity contribution in [2.75, 3.05) is 26.2 Å². The first-order valence-electron chi connectivity index (χ1n) is 9.77. The fraction of sp³-hybridized carbons (Fsp3) is 0.364. The normalized spacial score (nSPS) is 14.4. The molecule has 1 fully saturated rings. The van der Waals surface area contributed by atoms with Gasteiger partial charge in [-0.1, -0.05) is 30.3 Å². The summed E-state index contributed by atoms with van der Waals surface area (Å²) >= 11 is 0. The highest BCUT2D eigenvalue weighted by molar-refractivity contribution is 5.94. The molecule has 0 spiro atoms. The SMILES string of the molecule is Cc1nc(C(=O)N2CCCN(C(=O)CCc3ccccc3)CC2)ccc1C(=O)O. The summed E-state index contributed by atoms with van der Waals surface area (Å²) in [5.41, 5.74) is 1.78. The van der Waals surface area contributed by atoms with Crippen molar-refractivity contribution in [3.8, 4) is 0 Å². The van der Waals surface area contributed by atoms with E-state index in [1.165, 1.54) is 12.1 Å². The number of benzene rings is 1. The summed E-state index contributed by atoms with van der Waals surface area (Å²) in [7, 11) is 0. The van der Waals surface area contributed by atoms with Gasteiger partial charge in [0.25, 0.3) is 5.91 Å². The third kappa shape index (κ3) is 5.19. The predicted octanol–water partition coefficient (Wildman–Crippen LogP) is 2.40. The molecule has 2 aromatic rings. The second-order valence-corrected chi connectivity index (χ2v) is 7.15. The van der Waals surface area contributed by atoms with Crippen molar-refractivity contribution >= 4 is 17.8 Å². The number of rotatable bonds is 5. The Morgan fingerprint density at radius 2 is 1.66 bits per heavy atom. The van der Waals surface area contributed by atoms with Crippen LogP contribution in [-0.2, 0) is 11.2 Å². The monoisotopic (exact) mass is 395 g/mol. The van der Waals surface area contributed by atoms with E-state index in [1.54, 1.807) is 11.8 Å². The van der Waals surface area contributed by atoms with E-state index in [0.717, 1.165) is 5.56 Å². The maximum Gasteiger partial charge on any atom is 0.337 e. The van der Waals surface area contributed by atoms with Gasteiger partial charge >= 0.3 is 5.97 Å². The standard InChI is InChI=1S/C22H25N3O4/c1-16-18(22(28)29)9-10-19(23-16)21(27)25-13-5-12-24(14-15-25)20(26)11-8-17-6-3-2-4-7-17/h2-4,6-7,9-10H,5,8,11-15H2,1H3,(H,28,29). The molecule has 0 aliphatic carbocycles. The Bertz CT molecular complexity index is 898. The molecule has 0 saturated carbocycles. The lowest BCUT2D eigenvalue weighted by Crippen LogP contribution is -2.37. The summed E-state index contributed by atoms with van der Waals surface area (Å²) < 4.78 is 0. The van der Waals surface area contributed by atoms with E-state index >= 15 is 0 Å². The number of hydrogen-bond acceptors (Lipinski definition) is 4. The third-order valence-corrected chi connectivity index (χ3v) is 5.14. The molecule has 3 rings (SSSR count). The molecular formula is C22H25N3O4. The summed E-state index contributed by atoms with van der Waals surface area (Å²) in [5, 5.41) is 9.11. The van der Waals surface area contributed by atoms with E-state index in [0.29, 0.717) is 51.1 Å². The molecule has 1 aliphatic heterocycles. The highest BCUT2D eigenvalue weighted by atomic mass is 16.4. The molecule has 7 heteroatoms. The maximum atomic E-state index is 12.8. The van der Waals surface area contributed by atoms with Gasteiger partial charge in [0, 0.05) is 32.6 Å². The highest BCUT2D eigenvalue weighted by Crippen LogP contribution is 2.13. The van der Waals surface area contributed by atoms with Crippen LogP contribution in [0.15, 0.2) is 42.5 Å². The number of aryl methyl sites for hydroxylation is 2. The molecule has 2 amide bonds. The summed E-state index contributed by atoms with van der Waals surface area (Å²) in [4.78, 5) is 44.2. The zero-order chi connectivity index (χ0) is 20.8. The second-order valence-electron chi connectivity index (χ2n) is 7.15. The van der Waals surface area contributed by atoms with Crippen molar-refractivity contribution < 1.29 is 19.5 Å². The molecule has 1 aromatic carbocycles. The van der Waals surface area contributed by atoms with Crippen LogP contribution in [0.4, 0.5) is 0 Å². The van der Waals surface area contributed by atoms with Gasteiger partial charge in [-0.05, 0) is 37.5 Å². The number of nitrogens with zero attached hydrogens (tertiary/aromatic N) is 3. The van der Waals surface area contributed by atoms with Crippen molar-refractivity contribution in [1.82, 2.24) is 14.8 Å². The minimum atomic E-state index is -1.06. The fourth-order valence-electron chi connectivity index (χ4n) is 3.49. The molecular weight excluding hydrogens is 370 g/mol. The molecule has 152 valence electrons. The van der Waals surface area contributed by atoms with Gasteiger partial charge in [0.2, 0.25) is 5.91 Å². The molecule has 7 nitrogen and oxygen atoms in total. The molecule has 2 heterocycles. The van der Waals surface area contributed by atoms with Crippen LogP contribution in [0.2, 0.25) is 0 Å². The van der Waals surface area contributed by atoms with Gasteiger partial charge in [0.15, 0.2) is 0 Å². The second kappa shape index (κ2) is 9.32. The van der Waals surface area contributed by atoms with Gasteiger partial charge in [0.1, 0.15) is 5.69 Å². The lowest BCUT2D eigenvalue weighted by molar-refractivity contribution is -0.131. The molecule has 1 aliphatic rings. The fourth-order valence-corrected chi connectivity index (χ4v) is 3.49. The number of carbonyl (C=O) groups excluding carboxylic acids is 2. The van der Waals surface area contributed by atoms with E-state index in [1.807, 2.05) is 35.2 Å². The highest BCUT2D eigenvalue weighted by Gasteiger charge is 2.24. The number of carboxylic acid groups (broad SMARTS) is 1. The van der Waals surface area contributed by atoms with Crippen LogP contribution in [0, 0.1) is 6.92 Å². The lowest BCUT2D eigenvalue weighted by Gasteiger charge is -2.22. The van der Waals surface area contributed by atoms with Crippen LogP contribution < -0.4 is 0 Å². The van der Waals surface area contributed by atoms with Gasteiger partial charge < -0.3 is 14.9 Å². The Morgan fingerprint density at radius 1 is 0.966 bits per heavy atom. The van der Waals surface area contributed by atoms with Gasteiger partial charge in [-0.25, -0.2) is 9.78 Å². The number of carbonyl (C=O) groups is 3. The van der Waals surface area contributed by atoms with Crippen LogP contribution in [0.1, 0.15) is 44.9 Å². The Morgan fingerprint density at radius 3 is 2.34 bits per heavy atom. The van der Waals surface area contributed by atoms with E-state index in [2.05, 4.69) is 4.98 Å². The summed E-state index contributed by atoms with van der Waals surface area (Å²) in [6.45, 7) is 3.68. The molecule has 0 unspecified atom stereocenters. The zero-order valence-electron chi connectivity index (χ0n) is 16.5. The minimum absolute atomic E-state index is 0.0904. The maximum absolute atomic E-state index is 12.8. The van der Waals surface area contributed by atoms with E-state index in [-0.39, 0.29) is 23.1 Å². The average Bonchev–Trinajstić information content (AvgIpc) is 2.98. The number of pyridine rings is 1. The predicted molar refractivity (Wildman–Crippen MR) is 108 cm³/mol. The number of aromatic nitrogens is 1. The summed E-state index contributed by atoms with van der Waals surface area (Å²) in [5.74, 6) is -1.19. The topological polar surface area (TPSA) is 90.8 Å². The minimum Gasteiger partial charge on any atom is -0.478 e. The van der Waals surface area contributed by atoms with Crippen molar-refractivity contribution in [3.05, 3.63) is 65.0 Å². The number of aromatic carboxylic acids is 1. The Kier molecular flexibility index (Phi) is 6.59.